The average molecular weight is 375 g/mol. The average Bonchev–Trinajstić information content (AvgIpc) is 2.62. The molecule has 0 fully saturated rings. The van der Waals surface area contributed by atoms with Gasteiger partial charge in [-0.25, -0.2) is 0 Å². The normalized spacial score (nSPS) is 10.8. The van der Waals surface area contributed by atoms with Gasteiger partial charge in [-0.3, -0.25) is 9.59 Å². The number of hydrogen-bond acceptors (Lipinski definition) is 4. The van der Waals surface area contributed by atoms with Crippen LogP contribution in [-0.2, 0) is 9.59 Å². The minimum Gasteiger partial charge on any atom is -0.493 e. The van der Waals surface area contributed by atoms with Gasteiger partial charge in [0.15, 0.2) is 11.5 Å². The fourth-order valence-corrected chi connectivity index (χ4v) is 2.39. The largest absolute Gasteiger partial charge is 0.493 e. The van der Waals surface area contributed by atoms with E-state index in [0.29, 0.717) is 27.8 Å². The number of para-hydroxylation sites is 1. The van der Waals surface area contributed by atoms with E-state index in [9.17, 15) is 9.59 Å². The van der Waals surface area contributed by atoms with Crippen LogP contribution < -0.4 is 20.1 Å². The molecule has 0 radical (unpaired) electrons. The van der Waals surface area contributed by atoms with Crippen LogP contribution in [0.25, 0.3) is 6.08 Å². The van der Waals surface area contributed by atoms with E-state index in [2.05, 4.69) is 10.6 Å². The molecule has 0 unspecified atom stereocenters. The Hall–Kier alpha value is -2.99. The zero-order chi connectivity index (χ0) is 19.1. The van der Waals surface area contributed by atoms with Crippen LogP contribution in [-0.4, -0.2) is 26.0 Å². The van der Waals surface area contributed by atoms with Gasteiger partial charge in [-0.2, -0.15) is 0 Å². The SMILES string of the molecule is COc1ccc(/C=C(\NC(C)=O)C(=O)Nc2ccccc2Cl)cc1OC. The molecule has 0 bridgehead atoms. The topological polar surface area (TPSA) is 76.7 Å². The lowest BCUT2D eigenvalue weighted by Crippen LogP contribution is -2.29. The first-order chi connectivity index (χ1) is 12.4. The minimum atomic E-state index is -0.497. The standard InChI is InChI=1S/C19H19ClN2O4/c1-12(23)21-16(19(24)22-15-7-5-4-6-14(15)20)10-13-8-9-17(25-2)18(11-13)26-3/h4-11H,1-3H3,(H,21,23)(H,22,24)/b16-10-. The Kier molecular flexibility index (Phi) is 6.63. The lowest BCUT2D eigenvalue weighted by Gasteiger charge is -2.12. The number of nitrogens with one attached hydrogen (secondary N) is 2. The summed E-state index contributed by atoms with van der Waals surface area (Å²) in [5.41, 5.74) is 1.17. The van der Waals surface area contributed by atoms with Gasteiger partial charge in [0.2, 0.25) is 5.91 Å². The van der Waals surface area contributed by atoms with Gasteiger partial charge < -0.3 is 20.1 Å². The van der Waals surface area contributed by atoms with Crippen LogP contribution in [0.4, 0.5) is 5.69 Å². The molecule has 26 heavy (non-hydrogen) atoms. The zero-order valence-electron chi connectivity index (χ0n) is 14.6. The number of halogens is 1. The van der Waals surface area contributed by atoms with Gasteiger partial charge >= 0.3 is 0 Å². The van der Waals surface area contributed by atoms with Crippen molar-refractivity contribution in [1.82, 2.24) is 5.32 Å². The lowest BCUT2D eigenvalue weighted by molar-refractivity contribution is -0.120. The van der Waals surface area contributed by atoms with Crippen LogP contribution in [0, 0.1) is 0 Å². The monoisotopic (exact) mass is 374 g/mol. The molecular weight excluding hydrogens is 356 g/mol. The van der Waals surface area contributed by atoms with E-state index >= 15 is 0 Å². The maximum atomic E-state index is 12.6. The smallest absolute Gasteiger partial charge is 0.272 e. The third-order valence-corrected chi connectivity index (χ3v) is 3.73. The summed E-state index contributed by atoms with van der Waals surface area (Å²) < 4.78 is 10.4. The Labute approximate surface area is 156 Å². The summed E-state index contributed by atoms with van der Waals surface area (Å²) in [5.74, 6) is 0.204. The van der Waals surface area contributed by atoms with Crippen molar-refractivity contribution in [2.45, 2.75) is 6.92 Å². The van der Waals surface area contributed by atoms with Crippen LogP contribution in [0.5, 0.6) is 11.5 Å². The summed E-state index contributed by atoms with van der Waals surface area (Å²) >= 11 is 6.06. The molecule has 7 heteroatoms. The number of methoxy groups -OCH3 is 2. The first-order valence-corrected chi connectivity index (χ1v) is 8.09. The minimum absolute atomic E-state index is 0.0737. The van der Waals surface area contributed by atoms with Crippen molar-refractivity contribution in [1.29, 1.82) is 0 Å². The van der Waals surface area contributed by atoms with Crippen LogP contribution >= 0.6 is 11.6 Å². The Balaban J connectivity index is 2.34. The molecule has 2 aromatic rings. The molecule has 2 aromatic carbocycles. The van der Waals surface area contributed by atoms with E-state index in [1.165, 1.54) is 27.2 Å². The van der Waals surface area contributed by atoms with E-state index in [-0.39, 0.29) is 11.6 Å². The highest BCUT2D eigenvalue weighted by molar-refractivity contribution is 6.34. The van der Waals surface area contributed by atoms with Crippen LogP contribution in [0.2, 0.25) is 5.02 Å². The van der Waals surface area contributed by atoms with Gasteiger partial charge in [0.1, 0.15) is 5.70 Å². The zero-order valence-corrected chi connectivity index (χ0v) is 15.4. The molecule has 2 amide bonds. The van der Waals surface area contributed by atoms with Crippen molar-refractivity contribution in [2.24, 2.45) is 0 Å². The summed E-state index contributed by atoms with van der Waals surface area (Å²) in [5, 5.41) is 5.60. The summed E-state index contributed by atoms with van der Waals surface area (Å²) in [6.45, 7) is 1.32. The van der Waals surface area contributed by atoms with Gasteiger partial charge in [-0.05, 0) is 35.9 Å². The number of carbonyl (C=O) groups is 2. The first kappa shape index (κ1) is 19.3. The number of carbonyl (C=O) groups excluding carboxylic acids is 2. The molecule has 0 aliphatic heterocycles. The van der Waals surface area contributed by atoms with Gasteiger partial charge in [0.25, 0.3) is 5.91 Å². The summed E-state index contributed by atoms with van der Waals surface area (Å²) in [6.07, 6.45) is 1.54. The van der Waals surface area contributed by atoms with E-state index in [1.807, 2.05) is 0 Å². The highest BCUT2D eigenvalue weighted by Crippen LogP contribution is 2.28. The number of hydrogen-bond donors (Lipinski definition) is 2. The second-order valence-corrected chi connectivity index (χ2v) is 5.69. The van der Waals surface area contributed by atoms with E-state index in [1.54, 1.807) is 42.5 Å². The number of benzene rings is 2. The molecule has 0 heterocycles. The van der Waals surface area contributed by atoms with E-state index < -0.39 is 5.91 Å². The Morgan fingerprint density at radius 2 is 1.73 bits per heavy atom. The summed E-state index contributed by atoms with van der Waals surface area (Å²) in [7, 11) is 3.05. The maximum Gasteiger partial charge on any atom is 0.272 e. The quantitative estimate of drug-likeness (QED) is 0.759. The van der Waals surface area contributed by atoms with Gasteiger partial charge in [-0.15, -0.1) is 0 Å². The molecule has 2 N–H and O–H groups in total. The molecule has 0 aromatic heterocycles. The van der Waals surface area contributed by atoms with Crippen molar-refractivity contribution in [3.63, 3.8) is 0 Å². The molecule has 0 saturated heterocycles. The molecule has 0 aliphatic rings. The fraction of sp³-hybridized carbons (Fsp3) is 0.158. The third kappa shape index (κ3) is 5.00. The van der Waals surface area contributed by atoms with E-state index in [0.717, 1.165) is 0 Å². The molecule has 0 aliphatic carbocycles. The molecule has 0 spiro atoms. The molecule has 2 rings (SSSR count). The lowest BCUT2D eigenvalue weighted by atomic mass is 10.1. The first-order valence-electron chi connectivity index (χ1n) is 7.71. The molecule has 136 valence electrons. The Morgan fingerprint density at radius 1 is 1.04 bits per heavy atom. The number of rotatable bonds is 6. The van der Waals surface area contributed by atoms with Crippen molar-refractivity contribution in [2.75, 3.05) is 19.5 Å². The Morgan fingerprint density at radius 3 is 2.35 bits per heavy atom. The predicted molar refractivity (Wildman–Crippen MR) is 101 cm³/mol. The highest BCUT2D eigenvalue weighted by atomic mass is 35.5. The highest BCUT2D eigenvalue weighted by Gasteiger charge is 2.14. The maximum absolute atomic E-state index is 12.6. The van der Waals surface area contributed by atoms with Gasteiger partial charge in [-0.1, -0.05) is 29.8 Å². The number of amides is 2. The van der Waals surface area contributed by atoms with Crippen LogP contribution in [0.3, 0.4) is 0 Å². The van der Waals surface area contributed by atoms with Gasteiger partial charge in [0.05, 0.1) is 24.9 Å². The van der Waals surface area contributed by atoms with Crippen molar-refractivity contribution in [3.8, 4) is 11.5 Å². The summed E-state index contributed by atoms with van der Waals surface area (Å²) in [4.78, 5) is 24.1. The summed E-state index contributed by atoms with van der Waals surface area (Å²) in [6, 6.07) is 12.0. The molecule has 6 nitrogen and oxygen atoms in total. The number of anilines is 1. The molecule has 0 saturated carbocycles. The molecule has 0 atom stereocenters. The second-order valence-electron chi connectivity index (χ2n) is 5.29. The third-order valence-electron chi connectivity index (χ3n) is 3.40. The fourth-order valence-electron chi connectivity index (χ4n) is 2.21. The van der Waals surface area contributed by atoms with Crippen LogP contribution in [0.15, 0.2) is 48.2 Å². The molecular formula is C19H19ClN2O4. The van der Waals surface area contributed by atoms with Gasteiger partial charge in [0, 0.05) is 6.92 Å². The van der Waals surface area contributed by atoms with Crippen molar-refractivity contribution < 1.29 is 19.1 Å². The predicted octanol–water partition coefficient (Wildman–Crippen LogP) is 3.47. The number of ether oxygens (including phenoxy) is 2. The van der Waals surface area contributed by atoms with E-state index in [4.69, 9.17) is 21.1 Å². The van der Waals surface area contributed by atoms with Crippen molar-refractivity contribution >= 4 is 35.2 Å². The Bertz CT molecular complexity index is 849. The second kappa shape index (κ2) is 8.92. The van der Waals surface area contributed by atoms with Crippen LogP contribution in [0.1, 0.15) is 12.5 Å². The van der Waals surface area contributed by atoms with Crippen molar-refractivity contribution in [3.05, 3.63) is 58.7 Å².